The molecule has 0 radical (unpaired) electrons. The summed E-state index contributed by atoms with van der Waals surface area (Å²) in [6.07, 6.45) is 0.927. The summed E-state index contributed by atoms with van der Waals surface area (Å²) >= 11 is 0. The maximum absolute atomic E-state index is 12.5. The average molecular weight is 344 g/mol. The van der Waals surface area contributed by atoms with Gasteiger partial charge in [-0.1, -0.05) is 24.3 Å². The van der Waals surface area contributed by atoms with E-state index in [2.05, 4.69) is 40.7 Å². The molecule has 0 aromatic heterocycles. The highest BCUT2D eigenvalue weighted by atomic mass is 16.2. The van der Waals surface area contributed by atoms with Gasteiger partial charge in [0, 0.05) is 32.7 Å². The zero-order chi connectivity index (χ0) is 17.8. The largest absolute Gasteiger partial charge is 0.341 e. The molecule has 2 heterocycles. The van der Waals surface area contributed by atoms with Gasteiger partial charge in [0.25, 0.3) is 5.91 Å². The molecule has 2 N–H and O–H groups in total. The van der Waals surface area contributed by atoms with Gasteiger partial charge in [0.05, 0.1) is 6.42 Å². The van der Waals surface area contributed by atoms with Crippen LogP contribution in [0.25, 0.3) is 0 Å². The van der Waals surface area contributed by atoms with Crippen molar-refractivity contribution in [2.75, 3.05) is 26.2 Å². The highest BCUT2D eigenvalue weighted by Crippen LogP contribution is 2.13. The SMILES string of the molecule is Cc1ccccc1CN1CCCN(C(=O)CC2NC(=O)NC2=O)CC1. The van der Waals surface area contributed by atoms with E-state index in [0.29, 0.717) is 13.1 Å². The predicted octanol–water partition coefficient (Wildman–Crippen LogP) is 0.627. The first kappa shape index (κ1) is 17.4. The molecule has 3 rings (SSSR count). The number of benzene rings is 1. The van der Waals surface area contributed by atoms with Gasteiger partial charge in [0.2, 0.25) is 5.91 Å². The third kappa shape index (κ3) is 4.36. The number of amides is 4. The molecule has 7 nitrogen and oxygen atoms in total. The van der Waals surface area contributed by atoms with Gasteiger partial charge in [-0.05, 0) is 24.5 Å². The Hall–Kier alpha value is -2.41. The number of rotatable bonds is 4. The fourth-order valence-electron chi connectivity index (χ4n) is 3.31. The third-order valence-electron chi connectivity index (χ3n) is 4.83. The molecule has 2 aliphatic rings. The van der Waals surface area contributed by atoms with Crippen LogP contribution in [0.2, 0.25) is 0 Å². The van der Waals surface area contributed by atoms with Gasteiger partial charge in [-0.2, -0.15) is 0 Å². The van der Waals surface area contributed by atoms with E-state index in [0.717, 1.165) is 26.1 Å². The van der Waals surface area contributed by atoms with Crippen LogP contribution in [0.1, 0.15) is 24.0 Å². The van der Waals surface area contributed by atoms with Crippen LogP contribution in [-0.4, -0.2) is 59.9 Å². The Kier molecular flexibility index (Phi) is 5.33. The molecule has 134 valence electrons. The zero-order valence-corrected chi connectivity index (χ0v) is 14.5. The lowest BCUT2D eigenvalue weighted by Gasteiger charge is -2.23. The van der Waals surface area contributed by atoms with E-state index >= 15 is 0 Å². The van der Waals surface area contributed by atoms with Gasteiger partial charge in [-0.25, -0.2) is 4.79 Å². The van der Waals surface area contributed by atoms with E-state index in [4.69, 9.17) is 0 Å². The maximum Gasteiger partial charge on any atom is 0.322 e. The first-order valence-electron chi connectivity index (χ1n) is 8.69. The molecule has 2 fully saturated rings. The normalized spacial score (nSPS) is 21.6. The smallest absolute Gasteiger partial charge is 0.322 e. The summed E-state index contributed by atoms with van der Waals surface area (Å²) in [5.74, 6) is -0.505. The molecule has 1 aromatic carbocycles. The number of imide groups is 1. The van der Waals surface area contributed by atoms with Crippen LogP contribution in [0.4, 0.5) is 4.79 Å². The summed E-state index contributed by atoms with van der Waals surface area (Å²) in [4.78, 5) is 39.3. The molecule has 7 heteroatoms. The van der Waals surface area contributed by atoms with Gasteiger partial charge in [0.15, 0.2) is 0 Å². The molecule has 0 saturated carbocycles. The number of carbonyl (C=O) groups excluding carboxylic acids is 3. The van der Waals surface area contributed by atoms with Crippen molar-refractivity contribution < 1.29 is 14.4 Å². The number of hydrogen-bond acceptors (Lipinski definition) is 4. The summed E-state index contributed by atoms with van der Waals surface area (Å²) in [6.45, 7) is 6.08. The van der Waals surface area contributed by atoms with Crippen molar-refractivity contribution in [3.05, 3.63) is 35.4 Å². The van der Waals surface area contributed by atoms with Gasteiger partial charge in [-0.15, -0.1) is 0 Å². The van der Waals surface area contributed by atoms with E-state index in [9.17, 15) is 14.4 Å². The highest BCUT2D eigenvalue weighted by molar-refractivity contribution is 6.05. The molecule has 1 atom stereocenters. The summed E-state index contributed by atoms with van der Waals surface area (Å²) < 4.78 is 0. The molecule has 1 aromatic rings. The fourth-order valence-corrected chi connectivity index (χ4v) is 3.31. The van der Waals surface area contributed by atoms with Crippen molar-refractivity contribution in [1.82, 2.24) is 20.4 Å². The van der Waals surface area contributed by atoms with Crippen LogP contribution in [-0.2, 0) is 16.1 Å². The molecule has 0 bridgehead atoms. The van der Waals surface area contributed by atoms with Crippen molar-refractivity contribution in [3.63, 3.8) is 0 Å². The lowest BCUT2D eigenvalue weighted by molar-refractivity contribution is -0.133. The predicted molar refractivity (Wildman–Crippen MR) is 92.7 cm³/mol. The minimum atomic E-state index is -0.744. The number of aryl methyl sites for hydroxylation is 1. The molecule has 4 amide bonds. The highest BCUT2D eigenvalue weighted by Gasteiger charge is 2.33. The zero-order valence-electron chi connectivity index (χ0n) is 14.5. The fraction of sp³-hybridized carbons (Fsp3) is 0.500. The van der Waals surface area contributed by atoms with E-state index < -0.39 is 18.0 Å². The van der Waals surface area contributed by atoms with Crippen LogP contribution in [0, 0.1) is 6.92 Å². The monoisotopic (exact) mass is 344 g/mol. The number of urea groups is 1. The number of carbonyl (C=O) groups is 3. The van der Waals surface area contributed by atoms with Gasteiger partial charge < -0.3 is 10.2 Å². The van der Waals surface area contributed by atoms with Crippen LogP contribution in [0.3, 0.4) is 0 Å². The van der Waals surface area contributed by atoms with E-state index in [-0.39, 0.29) is 12.3 Å². The second-order valence-electron chi connectivity index (χ2n) is 6.66. The number of hydrogen-bond donors (Lipinski definition) is 2. The average Bonchev–Trinajstić information content (AvgIpc) is 2.76. The van der Waals surface area contributed by atoms with Gasteiger partial charge in [-0.3, -0.25) is 19.8 Å². The van der Waals surface area contributed by atoms with E-state index in [1.807, 2.05) is 6.07 Å². The minimum Gasteiger partial charge on any atom is -0.341 e. The molecular formula is C18H24N4O3. The van der Waals surface area contributed by atoms with Crippen LogP contribution >= 0.6 is 0 Å². The standard InChI is InChI=1S/C18H24N4O3/c1-13-5-2-3-6-14(13)12-21-7-4-8-22(10-9-21)16(23)11-15-17(24)20-18(25)19-15/h2-3,5-6,15H,4,7-12H2,1H3,(H2,19,20,24,25). The Balaban J connectivity index is 1.53. The lowest BCUT2D eigenvalue weighted by atomic mass is 10.1. The Morgan fingerprint density at radius 3 is 2.68 bits per heavy atom. The Morgan fingerprint density at radius 2 is 1.96 bits per heavy atom. The summed E-state index contributed by atoms with van der Waals surface area (Å²) in [6, 6.07) is 7.08. The first-order valence-corrected chi connectivity index (χ1v) is 8.69. The van der Waals surface area contributed by atoms with Crippen molar-refractivity contribution >= 4 is 17.8 Å². The number of nitrogens with zero attached hydrogens (tertiary/aromatic N) is 2. The number of nitrogens with one attached hydrogen (secondary N) is 2. The van der Waals surface area contributed by atoms with Crippen molar-refractivity contribution in [1.29, 1.82) is 0 Å². The maximum atomic E-state index is 12.5. The summed E-state index contributed by atoms with van der Waals surface area (Å²) in [7, 11) is 0. The van der Waals surface area contributed by atoms with Crippen LogP contribution < -0.4 is 10.6 Å². The summed E-state index contributed by atoms with van der Waals surface area (Å²) in [5.41, 5.74) is 2.59. The van der Waals surface area contributed by atoms with Crippen LogP contribution in [0.5, 0.6) is 0 Å². The quantitative estimate of drug-likeness (QED) is 0.785. The molecule has 0 aliphatic carbocycles. The van der Waals surface area contributed by atoms with Gasteiger partial charge >= 0.3 is 6.03 Å². The molecule has 2 saturated heterocycles. The van der Waals surface area contributed by atoms with Crippen molar-refractivity contribution in [2.45, 2.75) is 32.4 Å². The lowest BCUT2D eigenvalue weighted by Crippen LogP contribution is -2.40. The molecule has 0 spiro atoms. The van der Waals surface area contributed by atoms with E-state index in [1.54, 1.807) is 4.90 Å². The molecular weight excluding hydrogens is 320 g/mol. The minimum absolute atomic E-state index is 0.0232. The molecule has 2 aliphatic heterocycles. The Labute approximate surface area is 147 Å². The second kappa shape index (κ2) is 7.65. The topological polar surface area (TPSA) is 81.8 Å². The molecule has 1 unspecified atom stereocenters. The van der Waals surface area contributed by atoms with Crippen molar-refractivity contribution in [3.8, 4) is 0 Å². The third-order valence-corrected chi connectivity index (χ3v) is 4.83. The van der Waals surface area contributed by atoms with Gasteiger partial charge in [0.1, 0.15) is 6.04 Å². The summed E-state index contributed by atoms with van der Waals surface area (Å²) in [5, 5.41) is 4.64. The Morgan fingerprint density at radius 1 is 1.16 bits per heavy atom. The second-order valence-corrected chi connectivity index (χ2v) is 6.66. The molecule has 25 heavy (non-hydrogen) atoms. The van der Waals surface area contributed by atoms with Crippen LogP contribution in [0.15, 0.2) is 24.3 Å². The van der Waals surface area contributed by atoms with E-state index in [1.165, 1.54) is 11.1 Å². The Bertz CT molecular complexity index is 676. The van der Waals surface area contributed by atoms with Crippen molar-refractivity contribution in [2.24, 2.45) is 0 Å². The first-order chi connectivity index (χ1) is 12.0.